The van der Waals surface area contributed by atoms with Gasteiger partial charge in [0, 0.05) is 31.4 Å². The van der Waals surface area contributed by atoms with E-state index >= 15 is 0 Å². The predicted octanol–water partition coefficient (Wildman–Crippen LogP) is 1.28. The summed E-state index contributed by atoms with van der Waals surface area (Å²) in [7, 11) is 0. The minimum atomic E-state index is 0.868. The van der Waals surface area contributed by atoms with Crippen LogP contribution in [0.5, 0.6) is 0 Å². The van der Waals surface area contributed by atoms with E-state index in [0.29, 0.717) is 0 Å². The van der Waals surface area contributed by atoms with E-state index < -0.39 is 0 Å². The Morgan fingerprint density at radius 1 is 1.31 bits per heavy atom. The maximum Gasteiger partial charge on any atom is 0.129 e. The molecule has 0 unspecified atom stereocenters. The quantitative estimate of drug-likeness (QED) is 0.827. The van der Waals surface area contributed by atoms with Crippen molar-refractivity contribution in [3.8, 4) is 0 Å². The van der Waals surface area contributed by atoms with Crippen molar-refractivity contribution < 1.29 is 0 Å². The van der Waals surface area contributed by atoms with Crippen LogP contribution in [0.2, 0.25) is 0 Å². The van der Waals surface area contributed by atoms with Crippen molar-refractivity contribution in [2.24, 2.45) is 4.99 Å². The summed E-state index contributed by atoms with van der Waals surface area (Å²) in [4.78, 5) is 11.1. The van der Waals surface area contributed by atoms with Gasteiger partial charge in [-0.25, -0.2) is 4.98 Å². The van der Waals surface area contributed by atoms with Gasteiger partial charge >= 0.3 is 0 Å². The van der Waals surface area contributed by atoms with Crippen LogP contribution in [0, 0.1) is 0 Å². The lowest BCUT2D eigenvalue weighted by atomic mass is 10.2. The molecular weight excluding hydrogens is 200 g/mol. The van der Waals surface area contributed by atoms with E-state index in [0.717, 1.165) is 43.4 Å². The molecule has 1 aliphatic rings. The summed E-state index contributed by atoms with van der Waals surface area (Å²) >= 11 is 0. The molecule has 0 aromatic carbocycles. The molecule has 0 saturated heterocycles. The molecule has 86 valence electrons. The monoisotopic (exact) mass is 218 g/mol. The molecule has 16 heavy (non-hydrogen) atoms. The van der Waals surface area contributed by atoms with Crippen molar-refractivity contribution in [2.45, 2.75) is 13.8 Å². The second-order valence-electron chi connectivity index (χ2n) is 3.73. The second-order valence-corrected chi connectivity index (χ2v) is 3.73. The molecule has 2 rings (SSSR count). The van der Waals surface area contributed by atoms with E-state index in [1.54, 1.807) is 0 Å². The predicted molar refractivity (Wildman–Crippen MR) is 67.2 cm³/mol. The number of rotatable bonds is 4. The van der Waals surface area contributed by atoms with Crippen molar-refractivity contribution in [2.75, 3.05) is 31.1 Å². The Labute approximate surface area is 96.4 Å². The molecule has 0 spiro atoms. The van der Waals surface area contributed by atoms with Crippen LogP contribution in [0.15, 0.2) is 23.3 Å². The Morgan fingerprint density at radius 3 is 2.62 bits per heavy atom. The standard InChI is InChI=1S/C12H18N4/c1-3-16(4-2)11-6-5-10(9-15-11)12-13-7-8-14-12/h5-6,9H,3-4,7-8H2,1-2H3,(H,13,14). The highest BCUT2D eigenvalue weighted by atomic mass is 15.2. The van der Waals surface area contributed by atoms with Gasteiger partial charge in [-0.3, -0.25) is 4.99 Å². The molecule has 0 fully saturated rings. The first-order valence-electron chi connectivity index (χ1n) is 5.84. The molecule has 1 aromatic heterocycles. The van der Waals surface area contributed by atoms with Gasteiger partial charge in [0.15, 0.2) is 0 Å². The normalized spacial score (nSPS) is 14.5. The smallest absolute Gasteiger partial charge is 0.129 e. The van der Waals surface area contributed by atoms with Crippen LogP contribution in [0.25, 0.3) is 0 Å². The number of aliphatic imine (C=N–C) groups is 1. The number of nitrogens with one attached hydrogen (secondary N) is 1. The number of amidine groups is 1. The third kappa shape index (κ3) is 2.15. The van der Waals surface area contributed by atoms with Gasteiger partial charge in [0.05, 0.1) is 6.54 Å². The molecule has 1 N–H and O–H groups in total. The molecule has 1 aromatic rings. The van der Waals surface area contributed by atoms with Crippen LogP contribution in [0.3, 0.4) is 0 Å². The van der Waals surface area contributed by atoms with E-state index in [4.69, 9.17) is 0 Å². The van der Waals surface area contributed by atoms with Gasteiger partial charge in [-0.15, -0.1) is 0 Å². The lowest BCUT2D eigenvalue weighted by Gasteiger charge is -2.19. The van der Waals surface area contributed by atoms with Crippen LogP contribution < -0.4 is 10.2 Å². The molecule has 4 nitrogen and oxygen atoms in total. The van der Waals surface area contributed by atoms with Crippen LogP contribution in [-0.4, -0.2) is 37.0 Å². The zero-order valence-electron chi connectivity index (χ0n) is 9.90. The average molecular weight is 218 g/mol. The Kier molecular flexibility index (Phi) is 3.39. The SMILES string of the molecule is CCN(CC)c1ccc(C2=NCCN2)cn1. The molecule has 0 amide bonds. The molecule has 1 aliphatic heterocycles. The Bertz CT molecular complexity index is 365. The summed E-state index contributed by atoms with van der Waals surface area (Å²) in [5.74, 6) is 2.01. The number of aromatic nitrogens is 1. The maximum atomic E-state index is 4.47. The van der Waals surface area contributed by atoms with E-state index in [1.165, 1.54) is 0 Å². The third-order valence-electron chi connectivity index (χ3n) is 2.78. The van der Waals surface area contributed by atoms with Gasteiger partial charge in [-0.2, -0.15) is 0 Å². The third-order valence-corrected chi connectivity index (χ3v) is 2.78. The molecule has 0 bridgehead atoms. The summed E-state index contributed by atoms with van der Waals surface area (Å²) in [6.45, 7) is 8.06. The maximum absolute atomic E-state index is 4.47. The van der Waals surface area contributed by atoms with Gasteiger partial charge in [-0.05, 0) is 26.0 Å². The summed E-state index contributed by atoms with van der Waals surface area (Å²) in [6.07, 6.45) is 1.89. The Balaban J connectivity index is 2.15. The molecule has 0 saturated carbocycles. The fourth-order valence-electron chi connectivity index (χ4n) is 1.85. The minimum Gasteiger partial charge on any atom is -0.368 e. The van der Waals surface area contributed by atoms with Gasteiger partial charge in [-0.1, -0.05) is 0 Å². The molecule has 0 radical (unpaired) electrons. The first-order valence-corrected chi connectivity index (χ1v) is 5.84. The van der Waals surface area contributed by atoms with Crippen molar-refractivity contribution in [1.29, 1.82) is 0 Å². The lowest BCUT2D eigenvalue weighted by molar-refractivity contribution is 0.846. The Morgan fingerprint density at radius 2 is 2.12 bits per heavy atom. The van der Waals surface area contributed by atoms with Gasteiger partial charge in [0.25, 0.3) is 0 Å². The first kappa shape index (κ1) is 10.9. The van der Waals surface area contributed by atoms with Gasteiger partial charge in [0.1, 0.15) is 11.7 Å². The molecule has 0 atom stereocenters. The van der Waals surface area contributed by atoms with Crippen LogP contribution in [0.1, 0.15) is 19.4 Å². The van der Waals surface area contributed by atoms with Gasteiger partial charge < -0.3 is 10.2 Å². The van der Waals surface area contributed by atoms with E-state index in [-0.39, 0.29) is 0 Å². The van der Waals surface area contributed by atoms with Crippen LogP contribution >= 0.6 is 0 Å². The summed E-state index contributed by atoms with van der Waals surface area (Å²) in [5, 5.41) is 3.25. The van der Waals surface area contributed by atoms with Crippen molar-refractivity contribution in [3.63, 3.8) is 0 Å². The van der Waals surface area contributed by atoms with E-state index in [2.05, 4.69) is 46.2 Å². The topological polar surface area (TPSA) is 40.5 Å². The lowest BCUT2D eigenvalue weighted by Crippen LogP contribution is -2.23. The fraction of sp³-hybridized carbons (Fsp3) is 0.500. The largest absolute Gasteiger partial charge is 0.368 e. The zero-order valence-corrected chi connectivity index (χ0v) is 9.90. The molecular formula is C12H18N4. The number of pyridine rings is 1. The minimum absolute atomic E-state index is 0.868. The molecule has 0 aliphatic carbocycles. The number of anilines is 1. The summed E-state index contributed by atoms with van der Waals surface area (Å²) in [6, 6.07) is 4.14. The van der Waals surface area contributed by atoms with Crippen molar-refractivity contribution in [1.82, 2.24) is 10.3 Å². The molecule has 4 heteroatoms. The highest BCUT2D eigenvalue weighted by molar-refractivity contribution is 5.99. The fourth-order valence-corrected chi connectivity index (χ4v) is 1.85. The van der Waals surface area contributed by atoms with Crippen LogP contribution in [0.4, 0.5) is 5.82 Å². The molecule has 2 heterocycles. The Hall–Kier alpha value is -1.58. The second kappa shape index (κ2) is 4.96. The van der Waals surface area contributed by atoms with E-state index in [1.807, 2.05) is 6.20 Å². The van der Waals surface area contributed by atoms with Crippen LogP contribution in [-0.2, 0) is 0 Å². The van der Waals surface area contributed by atoms with Crippen molar-refractivity contribution in [3.05, 3.63) is 23.9 Å². The van der Waals surface area contributed by atoms with E-state index in [9.17, 15) is 0 Å². The first-order chi connectivity index (χ1) is 7.85. The van der Waals surface area contributed by atoms with Gasteiger partial charge in [0.2, 0.25) is 0 Å². The summed E-state index contributed by atoms with van der Waals surface area (Å²) < 4.78 is 0. The number of nitrogens with zero attached hydrogens (tertiary/aromatic N) is 3. The highest BCUT2D eigenvalue weighted by Gasteiger charge is 2.09. The number of hydrogen-bond acceptors (Lipinski definition) is 4. The number of hydrogen-bond donors (Lipinski definition) is 1. The highest BCUT2D eigenvalue weighted by Crippen LogP contribution is 2.11. The zero-order chi connectivity index (χ0) is 11.4. The average Bonchev–Trinajstić information content (AvgIpc) is 2.85. The van der Waals surface area contributed by atoms with Crippen molar-refractivity contribution >= 4 is 11.7 Å². The summed E-state index contributed by atoms with van der Waals surface area (Å²) in [5.41, 5.74) is 1.08.